The number of rotatable bonds is 7. The number of esters is 1. The van der Waals surface area contributed by atoms with E-state index in [9.17, 15) is 9.59 Å². The van der Waals surface area contributed by atoms with Crippen LogP contribution in [0.3, 0.4) is 0 Å². The molecule has 0 saturated carbocycles. The molecule has 0 radical (unpaired) electrons. The molecule has 0 bridgehead atoms. The summed E-state index contributed by atoms with van der Waals surface area (Å²) in [5.74, 6) is -0.577. The summed E-state index contributed by atoms with van der Waals surface area (Å²) in [4.78, 5) is 23.6. The van der Waals surface area contributed by atoms with E-state index in [2.05, 4.69) is 5.32 Å². The molecule has 0 heterocycles. The van der Waals surface area contributed by atoms with Gasteiger partial charge in [0, 0.05) is 0 Å². The summed E-state index contributed by atoms with van der Waals surface area (Å²) in [5.41, 5.74) is 2.60. The van der Waals surface area contributed by atoms with Gasteiger partial charge in [-0.05, 0) is 35.4 Å². The standard InChI is InChI=1S/C22H18ClNO4/c23-19-8-4-5-9-20(19)24-21(25)14-28-22(26)15-27-18-12-10-17(11-13-18)16-6-2-1-3-7-16/h1-13H,14-15H2,(H,24,25). The maximum absolute atomic E-state index is 11.8. The van der Waals surface area contributed by atoms with Gasteiger partial charge in [-0.1, -0.05) is 66.2 Å². The monoisotopic (exact) mass is 395 g/mol. The van der Waals surface area contributed by atoms with Crippen molar-refractivity contribution in [1.29, 1.82) is 0 Å². The smallest absolute Gasteiger partial charge is 0.344 e. The van der Waals surface area contributed by atoms with Crippen molar-refractivity contribution < 1.29 is 19.1 Å². The molecule has 0 spiro atoms. The van der Waals surface area contributed by atoms with Crippen LogP contribution in [-0.4, -0.2) is 25.1 Å². The fourth-order valence-corrected chi connectivity index (χ4v) is 2.64. The van der Waals surface area contributed by atoms with E-state index in [-0.39, 0.29) is 6.61 Å². The molecule has 6 heteroatoms. The fraction of sp³-hybridized carbons (Fsp3) is 0.0909. The second-order valence-corrected chi connectivity index (χ2v) is 6.27. The molecule has 3 aromatic carbocycles. The lowest BCUT2D eigenvalue weighted by Gasteiger charge is -2.09. The molecule has 0 aliphatic carbocycles. The first-order valence-electron chi connectivity index (χ1n) is 8.60. The zero-order valence-corrected chi connectivity index (χ0v) is 15.7. The second kappa shape index (κ2) is 9.58. The van der Waals surface area contributed by atoms with Gasteiger partial charge in [0.15, 0.2) is 13.2 Å². The topological polar surface area (TPSA) is 64.6 Å². The Balaban J connectivity index is 1.43. The zero-order chi connectivity index (χ0) is 19.8. The molecule has 0 aliphatic rings. The predicted molar refractivity (Wildman–Crippen MR) is 108 cm³/mol. The molecule has 0 aromatic heterocycles. The molecular weight excluding hydrogens is 378 g/mol. The summed E-state index contributed by atoms with van der Waals surface area (Å²) < 4.78 is 10.3. The Morgan fingerprint density at radius 1 is 0.786 bits per heavy atom. The van der Waals surface area contributed by atoms with Gasteiger partial charge < -0.3 is 14.8 Å². The van der Waals surface area contributed by atoms with Crippen LogP contribution in [0.4, 0.5) is 5.69 Å². The van der Waals surface area contributed by atoms with Crippen molar-refractivity contribution in [3.63, 3.8) is 0 Å². The highest BCUT2D eigenvalue weighted by Gasteiger charge is 2.10. The number of nitrogens with one attached hydrogen (secondary N) is 1. The van der Waals surface area contributed by atoms with E-state index in [1.807, 2.05) is 42.5 Å². The van der Waals surface area contributed by atoms with Crippen molar-refractivity contribution in [3.8, 4) is 16.9 Å². The summed E-state index contributed by atoms with van der Waals surface area (Å²) in [6.07, 6.45) is 0. The summed E-state index contributed by atoms with van der Waals surface area (Å²) in [6.45, 7) is -0.704. The van der Waals surface area contributed by atoms with Gasteiger partial charge in [-0.3, -0.25) is 4.79 Å². The van der Waals surface area contributed by atoms with Crippen LogP contribution in [0.2, 0.25) is 5.02 Å². The van der Waals surface area contributed by atoms with Crippen LogP contribution in [0.25, 0.3) is 11.1 Å². The van der Waals surface area contributed by atoms with Gasteiger partial charge >= 0.3 is 5.97 Å². The molecule has 0 saturated heterocycles. The number of carbonyl (C=O) groups is 2. The van der Waals surface area contributed by atoms with Crippen LogP contribution in [0, 0.1) is 0 Å². The number of amides is 1. The van der Waals surface area contributed by atoms with Crippen molar-refractivity contribution >= 4 is 29.2 Å². The van der Waals surface area contributed by atoms with Crippen molar-refractivity contribution in [2.45, 2.75) is 0 Å². The molecule has 0 atom stereocenters. The van der Waals surface area contributed by atoms with Crippen LogP contribution >= 0.6 is 11.6 Å². The maximum Gasteiger partial charge on any atom is 0.344 e. The molecule has 5 nitrogen and oxygen atoms in total. The predicted octanol–water partition coefficient (Wildman–Crippen LogP) is 4.57. The Hall–Kier alpha value is -3.31. The molecule has 0 unspecified atom stereocenters. The summed E-state index contributed by atoms with van der Waals surface area (Å²) in [6, 6.07) is 24.1. The molecule has 1 amide bonds. The minimum Gasteiger partial charge on any atom is -0.482 e. The van der Waals surface area contributed by atoms with Crippen LogP contribution in [0.5, 0.6) is 5.75 Å². The molecule has 0 aliphatic heterocycles. The van der Waals surface area contributed by atoms with E-state index in [1.54, 1.807) is 36.4 Å². The van der Waals surface area contributed by atoms with Gasteiger partial charge in [-0.15, -0.1) is 0 Å². The first kappa shape index (κ1) is 19.5. The van der Waals surface area contributed by atoms with Crippen LogP contribution in [0.1, 0.15) is 0 Å². The quantitative estimate of drug-likeness (QED) is 0.595. The molecule has 3 aromatic rings. The molecule has 28 heavy (non-hydrogen) atoms. The first-order chi connectivity index (χ1) is 13.6. The van der Waals surface area contributed by atoms with Gasteiger partial charge in [-0.25, -0.2) is 4.79 Å². The molecule has 3 rings (SSSR count). The molecule has 142 valence electrons. The Morgan fingerprint density at radius 3 is 2.14 bits per heavy atom. The van der Waals surface area contributed by atoms with E-state index in [1.165, 1.54) is 0 Å². The Morgan fingerprint density at radius 2 is 1.43 bits per heavy atom. The third-order valence-corrected chi connectivity index (χ3v) is 4.16. The van der Waals surface area contributed by atoms with Gasteiger partial charge in [-0.2, -0.15) is 0 Å². The van der Waals surface area contributed by atoms with E-state index in [0.29, 0.717) is 16.5 Å². The summed E-state index contributed by atoms with van der Waals surface area (Å²) >= 11 is 5.96. The zero-order valence-electron chi connectivity index (χ0n) is 14.9. The van der Waals surface area contributed by atoms with Crippen LogP contribution in [-0.2, 0) is 14.3 Å². The van der Waals surface area contributed by atoms with Gasteiger partial charge in [0.2, 0.25) is 0 Å². The highest BCUT2D eigenvalue weighted by Crippen LogP contribution is 2.22. The van der Waals surface area contributed by atoms with E-state index in [0.717, 1.165) is 11.1 Å². The number of ether oxygens (including phenoxy) is 2. The molecule has 0 fully saturated rings. The number of hydrogen-bond donors (Lipinski definition) is 1. The largest absolute Gasteiger partial charge is 0.482 e. The average molecular weight is 396 g/mol. The van der Waals surface area contributed by atoms with Gasteiger partial charge in [0.25, 0.3) is 5.91 Å². The SMILES string of the molecule is O=C(COC(=O)COc1ccc(-c2ccccc2)cc1)Nc1ccccc1Cl. The maximum atomic E-state index is 11.8. The van der Waals surface area contributed by atoms with E-state index < -0.39 is 18.5 Å². The first-order valence-corrected chi connectivity index (χ1v) is 8.98. The number of halogens is 1. The lowest BCUT2D eigenvalue weighted by Crippen LogP contribution is -2.23. The second-order valence-electron chi connectivity index (χ2n) is 5.87. The van der Waals surface area contributed by atoms with Gasteiger partial charge in [0.1, 0.15) is 5.75 Å². The summed E-state index contributed by atoms with van der Waals surface area (Å²) in [5, 5.41) is 2.98. The fourth-order valence-electron chi connectivity index (χ4n) is 2.45. The minimum absolute atomic E-state index is 0.288. The van der Waals surface area contributed by atoms with Crippen LogP contribution < -0.4 is 10.1 Å². The average Bonchev–Trinajstić information content (AvgIpc) is 2.73. The van der Waals surface area contributed by atoms with Crippen LogP contribution in [0.15, 0.2) is 78.9 Å². The highest BCUT2D eigenvalue weighted by atomic mass is 35.5. The third-order valence-electron chi connectivity index (χ3n) is 3.83. The lowest BCUT2D eigenvalue weighted by molar-refractivity contribution is -0.149. The number of benzene rings is 3. The highest BCUT2D eigenvalue weighted by molar-refractivity contribution is 6.33. The minimum atomic E-state index is -0.638. The van der Waals surface area contributed by atoms with Crippen molar-refractivity contribution in [3.05, 3.63) is 83.9 Å². The van der Waals surface area contributed by atoms with Crippen molar-refractivity contribution in [2.75, 3.05) is 18.5 Å². The Kier molecular flexibility index (Phi) is 6.65. The van der Waals surface area contributed by atoms with Crippen molar-refractivity contribution in [2.24, 2.45) is 0 Å². The summed E-state index contributed by atoms with van der Waals surface area (Å²) in [7, 11) is 0. The molecular formula is C22H18ClNO4. The number of para-hydroxylation sites is 1. The van der Waals surface area contributed by atoms with E-state index >= 15 is 0 Å². The Labute approximate surface area is 167 Å². The Bertz CT molecular complexity index is 942. The molecule has 1 N–H and O–H groups in total. The van der Waals surface area contributed by atoms with Gasteiger partial charge in [0.05, 0.1) is 10.7 Å². The normalized spacial score (nSPS) is 10.2. The number of anilines is 1. The number of carbonyl (C=O) groups excluding carboxylic acids is 2. The van der Waals surface area contributed by atoms with Crippen molar-refractivity contribution in [1.82, 2.24) is 0 Å². The lowest BCUT2D eigenvalue weighted by atomic mass is 10.1. The van der Waals surface area contributed by atoms with E-state index in [4.69, 9.17) is 21.1 Å². The number of hydrogen-bond acceptors (Lipinski definition) is 4. The third kappa shape index (κ3) is 5.59.